The van der Waals surface area contributed by atoms with E-state index in [1.165, 1.54) is 0 Å². The fourth-order valence-electron chi connectivity index (χ4n) is 0.469. The predicted molar refractivity (Wildman–Crippen MR) is 26.2 cm³/mol. The zero-order valence-corrected chi connectivity index (χ0v) is 5.55. The summed E-state index contributed by atoms with van der Waals surface area (Å²) < 4.78 is 69.2. The summed E-state index contributed by atoms with van der Waals surface area (Å²) in [5.74, 6) is -4.92. The van der Waals surface area contributed by atoms with Gasteiger partial charge in [-0.15, -0.1) is 0 Å². The summed E-state index contributed by atoms with van der Waals surface area (Å²) in [5.41, 5.74) is 0. The monoisotopic (exact) mass is 180 g/mol. The van der Waals surface area contributed by atoms with Gasteiger partial charge in [-0.25, -0.2) is 4.39 Å². The van der Waals surface area contributed by atoms with E-state index in [0.29, 0.717) is 6.92 Å². The standard InChI is InChI=1S/C5H6F6/c1-3(6)2-4(7,8)5(9,10)11/h3H,2H2,1H3. The summed E-state index contributed by atoms with van der Waals surface area (Å²) in [6, 6.07) is 0. The molecule has 0 aromatic rings. The first-order valence-corrected chi connectivity index (χ1v) is 2.75. The first-order chi connectivity index (χ1) is 4.67. The zero-order chi connectivity index (χ0) is 9.28. The van der Waals surface area contributed by atoms with Crippen molar-refractivity contribution in [2.45, 2.75) is 31.6 Å². The molecular weight excluding hydrogens is 174 g/mol. The van der Waals surface area contributed by atoms with E-state index in [1.807, 2.05) is 0 Å². The molecular formula is C5H6F6. The van der Waals surface area contributed by atoms with Crippen LogP contribution >= 0.6 is 0 Å². The molecule has 0 nitrogen and oxygen atoms in total. The van der Waals surface area contributed by atoms with E-state index < -0.39 is 24.7 Å². The molecule has 1 unspecified atom stereocenters. The van der Waals surface area contributed by atoms with E-state index >= 15 is 0 Å². The molecule has 0 heterocycles. The van der Waals surface area contributed by atoms with Crippen LogP contribution in [0.2, 0.25) is 0 Å². The summed E-state index contributed by atoms with van der Waals surface area (Å²) in [4.78, 5) is 0. The van der Waals surface area contributed by atoms with E-state index in [1.54, 1.807) is 0 Å². The lowest BCUT2D eigenvalue weighted by Gasteiger charge is -2.19. The van der Waals surface area contributed by atoms with Gasteiger partial charge in [-0.05, 0) is 6.92 Å². The van der Waals surface area contributed by atoms with Gasteiger partial charge in [-0.1, -0.05) is 0 Å². The van der Waals surface area contributed by atoms with Crippen molar-refractivity contribution in [1.82, 2.24) is 0 Å². The highest BCUT2D eigenvalue weighted by molar-refractivity contribution is 4.77. The maximum atomic E-state index is 11.8. The van der Waals surface area contributed by atoms with Gasteiger partial charge in [0.25, 0.3) is 0 Å². The molecule has 0 radical (unpaired) electrons. The molecule has 0 aliphatic rings. The minimum absolute atomic E-state index is 0.652. The molecule has 0 aromatic heterocycles. The number of hydrogen-bond acceptors (Lipinski definition) is 0. The molecule has 0 bridgehead atoms. The molecule has 0 aliphatic heterocycles. The van der Waals surface area contributed by atoms with E-state index in [9.17, 15) is 26.3 Å². The second kappa shape index (κ2) is 2.91. The second-order valence-electron chi connectivity index (χ2n) is 2.19. The van der Waals surface area contributed by atoms with E-state index in [0.717, 1.165) is 0 Å². The smallest absolute Gasteiger partial charge is 0.248 e. The Bertz CT molecular complexity index is 123. The molecule has 6 heteroatoms. The highest BCUT2D eigenvalue weighted by atomic mass is 19.4. The lowest BCUT2D eigenvalue weighted by Crippen LogP contribution is -2.38. The summed E-state index contributed by atoms with van der Waals surface area (Å²) in [7, 11) is 0. The largest absolute Gasteiger partial charge is 0.453 e. The van der Waals surface area contributed by atoms with Gasteiger partial charge < -0.3 is 0 Å². The van der Waals surface area contributed by atoms with Gasteiger partial charge in [0.2, 0.25) is 0 Å². The quantitative estimate of drug-likeness (QED) is 0.573. The van der Waals surface area contributed by atoms with Crippen LogP contribution in [0.15, 0.2) is 0 Å². The van der Waals surface area contributed by atoms with Gasteiger partial charge in [-0.2, -0.15) is 22.0 Å². The Morgan fingerprint density at radius 2 is 1.45 bits per heavy atom. The molecule has 11 heavy (non-hydrogen) atoms. The minimum Gasteiger partial charge on any atom is -0.248 e. The average molecular weight is 180 g/mol. The number of halogens is 6. The third-order valence-electron chi connectivity index (χ3n) is 0.952. The fraction of sp³-hybridized carbons (Fsp3) is 1.00. The Morgan fingerprint density at radius 3 is 1.55 bits per heavy atom. The first kappa shape index (κ1) is 10.6. The van der Waals surface area contributed by atoms with Gasteiger partial charge in [0.05, 0.1) is 6.42 Å². The van der Waals surface area contributed by atoms with Crippen LogP contribution in [0.5, 0.6) is 0 Å². The minimum atomic E-state index is -5.65. The van der Waals surface area contributed by atoms with Crippen LogP contribution in [0, 0.1) is 0 Å². The molecule has 0 saturated heterocycles. The van der Waals surface area contributed by atoms with Crippen LogP contribution in [0.25, 0.3) is 0 Å². The Hall–Kier alpha value is -0.420. The molecule has 0 amide bonds. The van der Waals surface area contributed by atoms with Crippen molar-refractivity contribution in [2.75, 3.05) is 0 Å². The van der Waals surface area contributed by atoms with Crippen molar-refractivity contribution in [3.05, 3.63) is 0 Å². The first-order valence-electron chi connectivity index (χ1n) is 2.75. The highest BCUT2D eigenvalue weighted by Crippen LogP contribution is 2.39. The fourth-order valence-corrected chi connectivity index (χ4v) is 0.469. The van der Waals surface area contributed by atoms with Crippen molar-refractivity contribution < 1.29 is 26.3 Å². The van der Waals surface area contributed by atoms with E-state index in [2.05, 4.69) is 0 Å². The third-order valence-corrected chi connectivity index (χ3v) is 0.952. The topological polar surface area (TPSA) is 0 Å². The van der Waals surface area contributed by atoms with Gasteiger partial charge in [-0.3, -0.25) is 0 Å². The summed E-state index contributed by atoms with van der Waals surface area (Å²) in [6.45, 7) is 0.652. The van der Waals surface area contributed by atoms with Gasteiger partial charge in [0, 0.05) is 0 Å². The molecule has 0 aliphatic carbocycles. The summed E-state index contributed by atoms with van der Waals surface area (Å²) >= 11 is 0. The van der Waals surface area contributed by atoms with Crippen LogP contribution in [0.4, 0.5) is 26.3 Å². The summed E-state index contributed by atoms with van der Waals surface area (Å²) in [6.07, 6.45) is -9.62. The molecule has 1 atom stereocenters. The van der Waals surface area contributed by atoms with Gasteiger partial charge in [0.15, 0.2) is 0 Å². The van der Waals surface area contributed by atoms with Crippen LogP contribution in [-0.4, -0.2) is 18.3 Å². The normalized spacial score (nSPS) is 16.6. The Kier molecular flexibility index (Phi) is 2.79. The lowest BCUT2D eigenvalue weighted by atomic mass is 10.2. The van der Waals surface area contributed by atoms with Crippen molar-refractivity contribution in [1.29, 1.82) is 0 Å². The van der Waals surface area contributed by atoms with Crippen molar-refractivity contribution in [3.8, 4) is 0 Å². The maximum absolute atomic E-state index is 11.8. The van der Waals surface area contributed by atoms with Crippen molar-refractivity contribution >= 4 is 0 Å². The number of rotatable bonds is 2. The van der Waals surface area contributed by atoms with Crippen LogP contribution in [0.3, 0.4) is 0 Å². The Balaban J connectivity index is 4.22. The van der Waals surface area contributed by atoms with Crippen LogP contribution in [-0.2, 0) is 0 Å². The molecule has 0 fully saturated rings. The molecule has 68 valence electrons. The average Bonchev–Trinajstić information content (AvgIpc) is 1.56. The highest BCUT2D eigenvalue weighted by Gasteiger charge is 2.57. The lowest BCUT2D eigenvalue weighted by molar-refractivity contribution is -0.287. The van der Waals surface area contributed by atoms with Crippen LogP contribution < -0.4 is 0 Å². The second-order valence-corrected chi connectivity index (χ2v) is 2.19. The zero-order valence-electron chi connectivity index (χ0n) is 5.55. The SMILES string of the molecule is CC(F)CC(F)(F)C(F)(F)F. The van der Waals surface area contributed by atoms with E-state index in [-0.39, 0.29) is 0 Å². The molecule has 0 rings (SSSR count). The Morgan fingerprint density at radius 1 is 1.09 bits per heavy atom. The van der Waals surface area contributed by atoms with Gasteiger partial charge >= 0.3 is 12.1 Å². The third kappa shape index (κ3) is 2.98. The molecule has 0 aromatic carbocycles. The summed E-state index contributed by atoms with van der Waals surface area (Å²) in [5, 5.41) is 0. The van der Waals surface area contributed by atoms with E-state index in [4.69, 9.17) is 0 Å². The van der Waals surface area contributed by atoms with Crippen LogP contribution in [0.1, 0.15) is 13.3 Å². The van der Waals surface area contributed by atoms with Crippen molar-refractivity contribution in [3.63, 3.8) is 0 Å². The molecule has 0 saturated carbocycles. The molecule has 0 spiro atoms. The maximum Gasteiger partial charge on any atom is 0.453 e. The molecule has 0 N–H and O–H groups in total. The van der Waals surface area contributed by atoms with Gasteiger partial charge in [0.1, 0.15) is 6.17 Å². The Labute approximate surface area is 59.2 Å². The van der Waals surface area contributed by atoms with Crippen molar-refractivity contribution in [2.24, 2.45) is 0 Å². The number of hydrogen-bond donors (Lipinski definition) is 0. The predicted octanol–water partition coefficient (Wildman–Crippen LogP) is 2.93. The number of alkyl halides is 6.